The molecule has 0 spiro atoms. The zero-order chi connectivity index (χ0) is 37.8. The maximum Gasteiger partial charge on any atom is 0.430 e. The van der Waals surface area contributed by atoms with Gasteiger partial charge in [0, 0.05) is 0 Å². The summed E-state index contributed by atoms with van der Waals surface area (Å²) in [7, 11) is -4.38. The summed E-state index contributed by atoms with van der Waals surface area (Å²) < 4.78 is 75.7. The molecule has 0 radical (unpaired) electrons. The number of carbonyl (C=O) groups excluding carboxylic acids is 1. The number of ether oxygens (including phenoxy) is 1. The van der Waals surface area contributed by atoms with Crippen molar-refractivity contribution in [1.29, 1.82) is 0 Å². The minimum absolute atomic E-state index is 0.0287. The van der Waals surface area contributed by atoms with E-state index >= 15 is 0 Å². The zero-order valence-corrected chi connectivity index (χ0v) is 33.0. The lowest BCUT2D eigenvalue weighted by Crippen LogP contribution is -3.61. The lowest BCUT2D eigenvalue weighted by molar-refractivity contribution is -0.597. The summed E-state index contributed by atoms with van der Waals surface area (Å²) in [6.45, 7) is 3.00. The molecule has 0 N–H and O–H groups in total. The van der Waals surface area contributed by atoms with Crippen molar-refractivity contribution in [3.8, 4) is 5.75 Å². The van der Waals surface area contributed by atoms with E-state index in [0.29, 0.717) is 5.39 Å². The Hall–Kier alpha value is -3.99. The van der Waals surface area contributed by atoms with E-state index in [0.717, 1.165) is 24.2 Å². The number of halogens is 5. The van der Waals surface area contributed by atoms with Gasteiger partial charge in [0.2, 0.25) is 0 Å². The van der Waals surface area contributed by atoms with Gasteiger partial charge in [-0.1, -0.05) is 104 Å². The van der Waals surface area contributed by atoms with E-state index in [1.807, 2.05) is 0 Å². The van der Waals surface area contributed by atoms with Gasteiger partial charge in [-0.3, -0.25) is 0 Å². The molecule has 0 aliphatic rings. The number of benzene rings is 6. The van der Waals surface area contributed by atoms with Gasteiger partial charge in [0.05, 0.1) is 11.5 Å². The quantitative estimate of drug-likeness (QED) is 0.125. The number of hydrogen-bond acceptors (Lipinski definition) is 6. The SMILES string of the molecule is CCCCOc1ccc([I+]c2ccccc2)cc1.O=C([O-])C(F)(F)F.O=S(=O)([O-])c1cccc2ccccc12.c1ccc([I+]c2ccccc2)cc1. The Morgan fingerprint density at radius 1 is 0.635 bits per heavy atom. The molecule has 6 aromatic carbocycles. The number of alkyl halides is 3. The van der Waals surface area contributed by atoms with Gasteiger partial charge >= 0.3 is 48.6 Å². The monoisotopic (exact) mass is 954 g/mol. The van der Waals surface area contributed by atoms with Gasteiger partial charge in [0.1, 0.15) is 21.8 Å². The van der Waals surface area contributed by atoms with E-state index in [1.54, 1.807) is 36.4 Å². The van der Waals surface area contributed by atoms with Crippen molar-refractivity contribution in [2.75, 3.05) is 6.61 Å². The molecule has 0 aromatic heterocycles. The number of unbranched alkanes of at least 4 members (excludes halogenated alkanes) is 1. The molecule has 0 aliphatic heterocycles. The summed E-state index contributed by atoms with van der Waals surface area (Å²) in [5, 5.41) is 10.0. The van der Waals surface area contributed by atoms with Crippen LogP contribution in [0.25, 0.3) is 10.8 Å². The minimum atomic E-state index is -5.19. The molecule has 12 heteroatoms. The zero-order valence-electron chi connectivity index (χ0n) is 27.9. The van der Waals surface area contributed by atoms with Gasteiger partial charge in [0.15, 0.2) is 14.3 Å². The van der Waals surface area contributed by atoms with Crippen molar-refractivity contribution in [3.63, 3.8) is 0 Å². The van der Waals surface area contributed by atoms with Crippen molar-refractivity contribution >= 4 is 26.9 Å². The number of fused-ring (bicyclic) bond motifs is 1. The Bertz CT molecular complexity index is 1990. The Balaban J connectivity index is 0.000000195. The molecular weight excluding hydrogens is 919 g/mol. The van der Waals surface area contributed by atoms with Crippen LogP contribution in [0.4, 0.5) is 13.2 Å². The highest BCUT2D eigenvalue weighted by Crippen LogP contribution is 2.22. The molecule has 272 valence electrons. The highest BCUT2D eigenvalue weighted by Gasteiger charge is 2.28. The first-order valence-corrected chi connectivity index (χ1v) is 21.5. The number of carboxylic acid groups (broad SMARTS) is 1. The fourth-order valence-corrected chi connectivity index (χ4v) is 9.21. The van der Waals surface area contributed by atoms with Gasteiger partial charge in [-0.2, -0.15) is 13.2 Å². The van der Waals surface area contributed by atoms with E-state index in [1.165, 1.54) is 26.8 Å². The molecule has 0 amide bonds. The van der Waals surface area contributed by atoms with Gasteiger partial charge in [-0.25, -0.2) is 8.42 Å². The third-order valence-corrected chi connectivity index (χ3v) is 12.7. The summed E-state index contributed by atoms with van der Waals surface area (Å²) in [6.07, 6.45) is -2.89. The predicted molar refractivity (Wildman–Crippen MR) is 184 cm³/mol. The van der Waals surface area contributed by atoms with E-state index < -0.39 is 22.3 Å². The van der Waals surface area contributed by atoms with Crippen LogP contribution in [0.3, 0.4) is 0 Å². The van der Waals surface area contributed by atoms with E-state index in [-0.39, 0.29) is 47.3 Å². The van der Waals surface area contributed by atoms with Crippen LogP contribution >= 0.6 is 0 Å². The number of rotatable bonds is 9. The molecule has 0 heterocycles. The second-order valence-corrected chi connectivity index (χ2v) is 17.9. The lowest BCUT2D eigenvalue weighted by Gasteiger charge is -2.09. The summed E-state index contributed by atoms with van der Waals surface area (Å²) >= 11 is -0.0278. The van der Waals surface area contributed by atoms with Crippen molar-refractivity contribution in [2.24, 2.45) is 0 Å². The molecule has 0 saturated carbocycles. The molecule has 52 heavy (non-hydrogen) atoms. The average molecular weight is 955 g/mol. The summed E-state index contributed by atoms with van der Waals surface area (Å²) in [5.41, 5.74) is 0. The minimum Gasteiger partial charge on any atom is -0.744 e. The number of carboxylic acids is 1. The van der Waals surface area contributed by atoms with Crippen molar-refractivity contribution in [1.82, 2.24) is 0 Å². The Kier molecular flexibility index (Phi) is 18.1. The van der Waals surface area contributed by atoms with Crippen LogP contribution in [-0.2, 0) is 14.9 Å². The molecule has 0 atom stereocenters. The van der Waals surface area contributed by atoms with Crippen LogP contribution < -0.4 is 52.3 Å². The number of carbonyl (C=O) groups is 1. The summed E-state index contributed by atoms with van der Waals surface area (Å²) in [5.74, 6) is -2.02. The van der Waals surface area contributed by atoms with Crippen molar-refractivity contribution in [2.45, 2.75) is 30.8 Å². The number of aliphatic carboxylic acids is 1. The fraction of sp³-hybridized carbons (Fsp3) is 0.125. The van der Waals surface area contributed by atoms with Crippen molar-refractivity contribution in [3.05, 3.63) is 172 Å². The smallest absolute Gasteiger partial charge is 0.430 e. The first-order chi connectivity index (χ1) is 24.9. The second-order valence-electron chi connectivity index (χ2n) is 10.4. The molecule has 0 fully saturated rings. The largest absolute Gasteiger partial charge is 0.744 e. The van der Waals surface area contributed by atoms with Crippen LogP contribution in [-0.4, -0.2) is 31.7 Å². The summed E-state index contributed by atoms with van der Waals surface area (Å²) in [6, 6.07) is 52.2. The fourth-order valence-electron chi connectivity index (χ4n) is 4.03. The van der Waals surface area contributed by atoms with Crippen LogP contribution in [0.2, 0.25) is 0 Å². The Morgan fingerprint density at radius 3 is 1.46 bits per heavy atom. The van der Waals surface area contributed by atoms with Crippen LogP contribution in [0.15, 0.2) is 163 Å². The molecule has 6 rings (SSSR count). The molecule has 6 nitrogen and oxygen atoms in total. The van der Waals surface area contributed by atoms with Crippen LogP contribution in [0, 0.1) is 14.3 Å². The molecule has 6 aromatic rings. The summed E-state index contributed by atoms with van der Waals surface area (Å²) in [4.78, 5) is 8.63. The predicted octanol–water partition coefficient (Wildman–Crippen LogP) is 1.85. The van der Waals surface area contributed by atoms with Crippen LogP contribution in [0.5, 0.6) is 5.75 Å². The maximum atomic E-state index is 10.9. The normalized spacial score (nSPS) is 10.7. The molecule has 0 saturated heterocycles. The maximum absolute atomic E-state index is 10.9. The van der Waals surface area contributed by atoms with Gasteiger partial charge in [0.25, 0.3) is 0 Å². The van der Waals surface area contributed by atoms with Gasteiger partial charge < -0.3 is 19.2 Å². The van der Waals surface area contributed by atoms with E-state index in [2.05, 4.69) is 122 Å². The lowest BCUT2D eigenvalue weighted by atomic mass is 10.1. The van der Waals surface area contributed by atoms with Crippen molar-refractivity contribution < 1.29 is 83.2 Å². The number of hydrogen-bond donors (Lipinski definition) is 0. The molecule has 0 bridgehead atoms. The average Bonchev–Trinajstić information content (AvgIpc) is 3.14. The van der Waals surface area contributed by atoms with E-state index in [4.69, 9.17) is 14.6 Å². The molecule has 0 unspecified atom stereocenters. The molecular formula is C40H35F3I2O6S. The highest BCUT2D eigenvalue weighted by molar-refractivity contribution is 7.86. The van der Waals surface area contributed by atoms with Gasteiger partial charge in [-0.15, -0.1) is 0 Å². The Labute approximate surface area is 323 Å². The standard InChI is InChI=1S/C16H18IO.C12H10I.C10H8O3S.C2HF3O2/c1-2-3-13-18-16-11-9-15(10-12-16)17-14-7-5-4-6-8-14;1-3-7-11(8-4-1)13-12-9-5-2-6-10-12;11-14(12,13)10-7-3-5-8-4-1-2-6-9(8)10;3-2(4,5)1(6)7/h4-12H,2-3,13H2,1H3;1-10H;1-7H,(H,11,12,13);(H,6,7)/q2*+1;;/p-2. The van der Waals surface area contributed by atoms with E-state index in [9.17, 15) is 26.1 Å². The molecule has 0 aliphatic carbocycles. The van der Waals surface area contributed by atoms with Gasteiger partial charge in [-0.05, 0) is 83.9 Å². The first-order valence-electron chi connectivity index (χ1n) is 15.8. The third-order valence-electron chi connectivity index (χ3n) is 6.47. The highest BCUT2D eigenvalue weighted by atomic mass is 127. The topological polar surface area (TPSA) is 107 Å². The third kappa shape index (κ3) is 16.1. The van der Waals surface area contributed by atoms with Crippen LogP contribution in [0.1, 0.15) is 19.8 Å². The second kappa shape index (κ2) is 22.2. The first kappa shape index (κ1) is 42.4. The Morgan fingerprint density at radius 2 is 1.04 bits per heavy atom.